The lowest BCUT2D eigenvalue weighted by Gasteiger charge is -2.38. The number of nitrogens with zero attached hydrogens (tertiary/aromatic N) is 4. The highest BCUT2D eigenvalue weighted by atomic mass is 19.4. The number of hydrogen-bond donors (Lipinski definition) is 0. The molecule has 2 saturated carbocycles. The molecule has 0 bridgehead atoms. The molecule has 2 heterocycles. The maximum absolute atomic E-state index is 13.2. The van der Waals surface area contributed by atoms with E-state index in [2.05, 4.69) is 16.9 Å². The van der Waals surface area contributed by atoms with Crippen LogP contribution < -0.4 is 0 Å². The zero-order valence-electron chi connectivity index (χ0n) is 18.1. The molecule has 0 N–H and O–H groups in total. The first-order valence-corrected chi connectivity index (χ1v) is 11.2. The normalized spacial score (nSPS) is 29.5. The van der Waals surface area contributed by atoms with Gasteiger partial charge in [0.15, 0.2) is 5.82 Å². The van der Waals surface area contributed by atoms with Crippen molar-refractivity contribution in [2.45, 2.75) is 63.8 Å². The minimum atomic E-state index is -4.38. The predicted octanol–water partition coefficient (Wildman–Crippen LogP) is 4.76. The van der Waals surface area contributed by atoms with Crippen LogP contribution in [0.3, 0.4) is 0 Å². The molecule has 3 aliphatic rings. The molecule has 2 aromatic rings. The highest BCUT2D eigenvalue weighted by Crippen LogP contribution is 2.64. The molecule has 1 saturated heterocycles. The lowest BCUT2D eigenvalue weighted by atomic mass is 10.0. The number of hydrogen-bond acceptors (Lipinski definition) is 4. The van der Waals surface area contributed by atoms with Gasteiger partial charge in [-0.05, 0) is 57.6 Å². The molecule has 2 aliphatic carbocycles. The maximum Gasteiger partial charge on any atom is 0.416 e. The van der Waals surface area contributed by atoms with Crippen LogP contribution in [0.4, 0.5) is 13.2 Å². The molecule has 0 amide bonds. The summed E-state index contributed by atoms with van der Waals surface area (Å²) in [5.74, 6) is 2.87. The third-order valence-electron chi connectivity index (χ3n) is 7.20. The molecular formula is C23H29F3N4O. The Labute approximate surface area is 180 Å². The number of benzene rings is 1. The van der Waals surface area contributed by atoms with Crippen LogP contribution in [0, 0.1) is 11.8 Å². The number of alkyl halides is 3. The van der Waals surface area contributed by atoms with Crippen molar-refractivity contribution in [3.63, 3.8) is 0 Å². The minimum Gasteiger partial charge on any atom is -0.379 e. The highest BCUT2D eigenvalue weighted by molar-refractivity contribution is 5.56. The Morgan fingerprint density at radius 3 is 2.55 bits per heavy atom. The summed E-state index contributed by atoms with van der Waals surface area (Å²) in [4.78, 5) is 7.36. The topological polar surface area (TPSA) is 43.2 Å². The van der Waals surface area contributed by atoms with Gasteiger partial charge in [-0.2, -0.15) is 18.3 Å². The van der Waals surface area contributed by atoms with Gasteiger partial charge in [-0.3, -0.25) is 4.90 Å². The number of fused-ring (bicyclic) bond motifs is 1. The van der Waals surface area contributed by atoms with Gasteiger partial charge in [-0.25, -0.2) is 9.67 Å². The summed E-state index contributed by atoms with van der Waals surface area (Å²) in [7, 11) is 0. The minimum absolute atomic E-state index is 0.110. The largest absolute Gasteiger partial charge is 0.416 e. The average Bonchev–Trinajstić information content (AvgIpc) is 3.09. The Hall–Kier alpha value is -1.93. The molecular weight excluding hydrogens is 405 g/mol. The van der Waals surface area contributed by atoms with Crippen LogP contribution >= 0.6 is 0 Å². The molecule has 5 rings (SSSR count). The van der Waals surface area contributed by atoms with Gasteiger partial charge in [0.25, 0.3) is 0 Å². The van der Waals surface area contributed by atoms with Crippen LogP contribution in [0.1, 0.15) is 57.0 Å². The van der Waals surface area contributed by atoms with Crippen molar-refractivity contribution in [1.29, 1.82) is 0 Å². The van der Waals surface area contributed by atoms with E-state index in [0.717, 1.165) is 50.6 Å². The van der Waals surface area contributed by atoms with Crippen LogP contribution in [-0.4, -0.2) is 51.5 Å². The molecule has 0 spiro atoms. The lowest BCUT2D eigenvalue weighted by Crippen LogP contribution is -2.49. The number of aromatic nitrogens is 3. The summed E-state index contributed by atoms with van der Waals surface area (Å²) in [6.45, 7) is 8.93. The summed E-state index contributed by atoms with van der Waals surface area (Å²) < 4.78 is 47.0. The van der Waals surface area contributed by atoms with E-state index in [9.17, 15) is 13.2 Å². The van der Waals surface area contributed by atoms with Crippen molar-refractivity contribution in [2.24, 2.45) is 11.8 Å². The quantitative estimate of drug-likeness (QED) is 0.696. The molecule has 5 nitrogen and oxygen atoms in total. The fraction of sp³-hybridized carbons (Fsp3) is 0.652. The third kappa shape index (κ3) is 3.78. The van der Waals surface area contributed by atoms with E-state index in [-0.39, 0.29) is 6.04 Å². The second-order valence-corrected chi connectivity index (χ2v) is 9.55. The molecule has 0 radical (unpaired) electrons. The second-order valence-electron chi connectivity index (χ2n) is 9.55. The fourth-order valence-electron chi connectivity index (χ4n) is 5.65. The monoisotopic (exact) mass is 434 g/mol. The van der Waals surface area contributed by atoms with Gasteiger partial charge in [-0.15, -0.1) is 0 Å². The molecule has 3 atom stereocenters. The Bertz CT molecular complexity index is 945. The Morgan fingerprint density at radius 2 is 1.90 bits per heavy atom. The zero-order valence-corrected chi connectivity index (χ0v) is 18.1. The predicted molar refractivity (Wildman–Crippen MR) is 111 cm³/mol. The number of rotatable bonds is 4. The lowest BCUT2D eigenvalue weighted by molar-refractivity contribution is -0.137. The van der Waals surface area contributed by atoms with Gasteiger partial charge in [0.1, 0.15) is 5.82 Å². The SMILES string of the molecule is CC(C)n1nc(-c2cccc(C(F)(F)F)c2)nc1C1[C@H]2CC(N3CCOC[C@@H]3C)C[C@H]12. The van der Waals surface area contributed by atoms with E-state index in [1.165, 1.54) is 6.07 Å². The summed E-state index contributed by atoms with van der Waals surface area (Å²) in [6.07, 6.45) is -2.06. The van der Waals surface area contributed by atoms with Crippen LogP contribution in [0.15, 0.2) is 24.3 Å². The second kappa shape index (κ2) is 7.59. The summed E-state index contributed by atoms with van der Waals surface area (Å²) >= 11 is 0. The highest BCUT2D eigenvalue weighted by Gasteiger charge is 2.59. The summed E-state index contributed by atoms with van der Waals surface area (Å²) in [6, 6.07) is 6.48. The van der Waals surface area contributed by atoms with Gasteiger partial charge >= 0.3 is 6.18 Å². The van der Waals surface area contributed by atoms with Gasteiger partial charge < -0.3 is 4.74 Å². The average molecular weight is 435 g/mol. The molecule has 8 heteroatoms. The molecule has 168 valence electrons. The van der Waals surface area contributed by atoms with E-state index in [0.29, 0.717) is 41.2 Å². The van der Waals surface area contributed by atoms with Crippen LogP contribution in [-0.2, 0) is 10.9 Å². The zero-order chi connectivity index (χ0) is 21.9. The van der Waals surface area contributed by atoms with Gasteiger partial charge in [0.05, 0.1) is 18.8 Å². The van der Waals surface area contributed by atoms with Gasteiger partial charge in [0.2, 0.25) is 0 Å². The van der Waals surface area contributed by atoms with Crippen molar-refractivity contribution in [3.05, 3.63) is 35.7 Å². The third-order valence-corrected chi connectivity index (χ3v) is 7.20. The first-order valence-electron chi connectivity index (χ1n) is 11.2. The van der Waals surface area contributed by atoms with Gasteiger partial charge in [0, 0.05) is 36.2 Å². The standard InChI is InChI=1S/C23H29F3N4O/c1-13(2)30-22(27-21(28-30)15-5-4-6-16(9-15)23(24,25)26)20-18-10-17(11-19(18)20)29-7-8-31-12-14(29)3/h4-6,9,13-14,17-20H,7-8,10-12H2,1-3H3/t14-,17?,18-,19-,20?/m0/s1. The van der Waals surface area contributed by atoms with E-state index in [1.807, 2.05) is 18.5 Å². The van der Waals surface area contributed by atoms with Crippen LogP contribution in [0.25, 0.3) is 11.4 Å². The van der Waals surface area contributed by atoms with Crippen molar-refractivity contribution in [3.8, 4) is 11.4 Å². The Kier molecular flexibility index (Phi) is 5.13. The van der Waals surface area contributed by atoms with Crippen molar-refractivity contribution in [1.82, 2.24) is 19.7 Å². The van der Waals surface area contributed by atoms with Gasteiger partial charge in [-0.1, -0.05) is 12.1 Å². The first-order chi connectivity index (χ1) is 14.7. The summed E-state index contributed by atoms with van der Waals surface area (Å²) in [5.41, 5.74) is -0.250. The number of halogens is 3. The van der Waals surface area contributed by atoms with Crippen LogP contribution in [0.5, 0.6) is 0 Å². The summed E-state index contributed by atoms with van der Waals surface area (Å²) in [5, 5.41) is 4.62. The number of morpholine rings is 1. The molecule has 31 heavy (non-hydrogen) atoms. The fourth-order valence-corrected chi connectivity index (χ4v) is 5.65. The first kappa shape index (κ1) is 20.9. The number of ether oxygens (including phenoxy) is 1. The van der Waals surface area contributed by atoms with Crippen molar-refractivity contribution < 1.29 is 17.9 Å². The molecule has 0 unspecified atom stereocenters. The Morgan fingerprint density at radius 1 is 1.16 bits per heavy atom. The molecule has 1 aromatic carbocycles. The molecule has 1 aliphatic heterocycles. The van der Waals surface area contributed by atoms with E-state index in [1.54, 1.807) is 6.07 Å². The van der Waals surface area contributed by atoms with Crippen molar-refractivity contribution in [2.75, 3.05) is 19.8 Å². The van der Waals surface area contributed by atoms with E-state index < -0.39 is 11.7 Å². The van der Waals surface area contributed by atoms with Crippen molar-refractivity contribution >= 4 is 0 Å². The van der Waals surface area contributed by atoms with E-state index in [4.69, 9.17) is 9.72 Å². The van der Waals surface area contributed by atoms with E-state index >= 15 is 0 Å². The Balaban J connectivity index is 1.37. The molecule has 3 fully saturated rings. The van der Waals surface area contributed by atoms with Crippen LogP contribution in [0.2, 0.25) is 0 Å². The smallest absolute Gasteiger partial charge is 0.379 e. The molecule has 1 aromatic heterocycles. The maximum atomic E-state index is 13.2.